The molecule has 2 aromatic heterocycles. The number of benzene rings is 2. The molecule has 1 saturated carbocycles. The highest BCUT2D eigenvalue weighted by Crippen LogP contribution is 2.55. The van der Waals surface area contributed by atoms with Gasteiger partial charge in [0, 0.05) is 17.7 Å². The Morgan fingerprint density at radius 2 is 2.11 bits per heavy atom. The van der Waals surface area contributed by atoms with Crippen LogP contribution in [0.15, 0.2) is 54.9 Å². The fourth-order valence-electron chi connectivity index (χ4n) is 5.26. The highest BCUT2D eigenvalue weighted by atomic mass is 19.1. The SMILES string of the molecule is COc1cnc2[nH]cc(C(=O)c3ccc(Oc4ccccc4F)cc3C)c2c1N[C@@]12CO[C@H](CO)C1C2. The summed E-state index contributed by atoms with van der Waals surface area (Å²) in [6.07, 6.45) is 3.93. The molecule has 2 fully saturated rings. The molecule has 190 valence electrons. The first-order chi connectivity index (χ1) is 17.9. The number of carbonyl (C=O) groups excluding carboxylic acids is 1. The number of pyridine rings is 1. The molecule has 0 bridgehead atoms. The number of ether oxygens (including phenoxy) is 3. The standard InChI is InChI=1S/C28H26FN3O5/c1-15-9-16(37-21-6-4-3-5-20(21)29)7-8-17(15)26(34)18-11-30-27-24(18)25(22(35-2)12-31-27)32-28-10-19(28)23(13-33)36-14-28/h3-9,11-12,19,23,33H,10,13-14H2,1-2H3,(H2,30,31,32)/t19?,23-,28+/m1/s1. The number of methoxy groups -OCH3 is 1. The smallest absolute Gasteiger partial charge is 0.195 e. The highest BCUT2D eigenvalue weighted by molar-refractivity contribution is 6.19. The van der Waals surface area contributed by atoms with Crippen molar-refractivity contribution in [2.75, 3.05) is 25.6 Å². The van der Waals surface area contributed by atoms with Gasteiger partial charge in [0.25, 0.3) is 0 Å². The number of para-hydroxylation sites is 1. The molecule has 4 aromatic rings. The number of aliphatic hydroxyl groups is 1. The number of nitrogens with one attached hydrogen (secondary N) is 2. The van der Waals surface area contributed by atoms with E-state index in [2.05, 4.69) is 15.3 Å². The van der Waals surface area contributed by atoms with Gasteiger partial charge in [0.15, 0.2) is 23.1 Å². The second kappa shape index (κ2) is 8.86. The number of nitrogens with zero attached hydrogens (tertiary/aromatic N) is 1. The summed E-state index contributed by atoms with van der Waals surface area (Å²) in [5.74, 6) is 0.591. The summed E-state index contributed by atoms with van der Waals surface area (Å²) in [7, 11) is 1.56. The zero-order chi connectivity index (χ0) is 25.7. The van der Waals surface area contributed by atoms with Crippen LogP contribution in [0.1, 0.15) is 27.9 Å². The number of aliphatic hydroxyl groups excluding tert-OH is 1. The van der Waals surface area contributed by atoms with Gasteiger partial charge in [0.1, 0.15) is 11.4 Å². The average molecular weight is 504 g/mol. The van der Waals surface area contributed by atoms with Gasteiger partial charge in [-0.15, -0.1) is 0 Å². The molecule has 2 aliphatic rings. The van der Waals surface area contributed by atoms with E-state index in [0.717, 1.165) is 6.42 Å². The molecular weight excluding hydrogens is 477 g/mol. The number of halogens is 1. The topological polar surface area (TPSA) is 106 Å². The summed E-state index contributed by atoms with van der Waals surface area (Å²) in [5, 5.41) is 13.8. The van der Waals surface area contributed by atoms with Crippen molar-refractivity contribution in [2.24, 2.45) is 5.92 Å². The lowest BCUT2D eigenvalue weighted by atomic mass is 9.98. The number of rotatable bonds is 8. The Balaban J connectivity index is 1.35. The fourth-order valence-corrected chi connectivity index (χ4v) is 5.26. The summed E-state index contributed by atoms with van der Waals surface area (Å²) in [5.41, 5.74) is 2.53. The molecule has 0 radical (unpaired) electrons. The first-order valence-electron chi connectivity index (χ1n) is 12.1. The van der Waals surface area contributed by atoms with Crippen LogP contribution < -0.4 is 14.8 Å². The number of hydrogen-bond donors (Lipinski definition) is 3. The van der Waals surface area contributed by atoms with Crippen LogP contribution in [0.4, 0.5) is 10.1 Å². The van der Waals surface area contributed by atoms with Crippen LogP contribution in [0, 0.1) is 18.7 Å². The molecule has 6 rings (SSSR count). The summed E-state index contributed by atoms with van der Waals surface area (Å²) in [6, 6.07) is 11.2. The van der Waals surface area contributed by atoms with Gasteiger partial charge in [-0.05, 0) is 49.2 Å². The van der Waals surface area contributed by atoms with Gasteiger partial charge in [-0.3, -0.25) is 4.79 Å². The van der Waals surface area contributed by atoms with E-state index in [1.165, 1.54) is 6.07 Å². The normalized spacial score (nSPS) is 22.1. The van der Waals surface area contributed by atoms with Gasteiger partial charge in [-0.1, -0.05) is 12.1 Å². The predicted octanol–water partition coefficient (Wildman–Crippen LogP) is 4.60. The van der Waals surface area contributed by atoms with Crippen LogP contribution in [-0.2, 0) is 4.74 Å². The van der Waals surface area contributed by atoms with E-state index in [9.17, 15) is 14.3 Å². The molecule has 9 heteroatoms. The van der Waals surface area contributed by atoms with Crippen molar-refractivity contribution in [2.45, 2.75) is 25.0 Å². The van der Waals surface area contributed by atoms with E-state index in [-0.39, 0.29) is 35.7 Å². The Morgan fingerprint density at radius 1 is 1.27 bits per heavy atom. The first kappa shape index (κ1) is 23.4. The van der Waals surface area contributed by atoms with Crippen molar-refractivity contribution in [3.8, 4) is 17.2 Å². The van der Waals surface area contributed by atoms with Crippen molar-refractivity contribution in [3.63, 3.8) is 0 Å². The van der Waals surface area contributed by atoms with Crippen LogP contribution in [0.3, 0.4) is 0 Å². The van der Waals surface area contributed by atoms with E-state index in [1.807, 2.05) is 6.92 Å². The van der Waals surface area contributed by atoms with E-state index < -0.39 is 5.82 Å². The van der Waals surface area contributed by atoms with Crippen molar-refractivity contribution >= 4 is 22.5 Å². The Labute approximate surface area is 212 Å². The number of H-pyrrole nitrogens is 1. The van der Waals surface area contributed by atoms with Crippen LogP contribution in [0.2, 0.25) is 0 Å². The minimum absolute atomic E-state index is 0.0270. The molecule has 1 saturated heterocycles. The number of ketones is 1. The Kier molecular flexibility index (Phi) is 5.62. The molecule has 37 heavy (non-hydrogen) atoms. The maximum atomic E-state index is 14.0. The number of aromatic amines is 1. The molecule has 1 unspecified atom stereocenters. The molecule has 1 aliphatic heterocycles. The van der Waals surface area contributed by atoms with E-state index in [0.29, 0.717) is 51.5 Å². The van der Waals surface area contributed by atoms with E-state index in [4.69, 9.17) is 14.2 Å². The minimum atomic E-state index is -0.462. The second-order valence-corrected chi connectivity index (χ2v) is 9.59. The zero-order valence-corrected chi connectivity index (χ0v) is 20.4. The minimum Gasteiger partial charge on any atom is -0.493 e. The van der Waals surface area contributed by atoms with Gasteiger partial charge in [0.2, 0.25) is 0 Å². The van der Waals surface area contributed by atoms with Crippen molar-refractivity contribution in [3.05, 3.63) is 77.4 Å². The summed E-state index contributed by atoms with van der Waals surface area (Å²) in [4.78, 5) is 21.3. The van der Waals surface area contributed by atoms with Gasteiger partial charge in [-0.2, -0.15) is 0 Å². The number of aromatic nitrogens is 2. The Hall–Kier alpha value is -3.95. The fraction of sp³-hybridized carbons (Fsp3) is 0.286. The van der Waals surface area contributed by atoms with Gasteiger partial charge >= 0.3 is 0 Å². The third-order valence-electron chi connectivity index (χ3n) is 7.33. The maximum absolute atomic E-state index is 14.0. The maximum Gasteiger partial charge on any atom is 0.195 e. The number of fused-ring (bicyclic) bond motifs is 2. The summed E-state index contributed by atoms with van der Waals surface area (Å²) >= 11 is 0. The third kappa shape index (κ3) is 3.91. The Bertz CT molecular complexity index is 1520. The molecule has 3 N–H and O–H groups in total. The van der Waals surface area contributed by atoms with Gasteiger partial charge < -0.3 is 29.6 Å². The molecule has 1 aliphatic carbocycles. The lowest BCUT2D eigenvalue weighted by molar-refractivity contribution is 0.0337. The quantitative estimate of drug-likeness (QED) is 0.302. The lowest BCUT2D eigenvalue weighted by Gasteiger charge is -2.19. The number of aryl methyl sites for hydroxylation is 1. The number of hydrogen-bond acceptors (Lipinski definition) is 7. The van der Waals surface area contributed by atoms with Crippen LogP contribution in [0.5, 0.6) is 17.2 Å². The predicted molar refractivity (Wildman–Crippen MR) is 135 cm³/mol. The molecule has 8 nitrogen and oxygen atoms in total. The van der Waals surface area contributed by atoms with Crippen LogP contribution in [0.25, 0.3) is 11.0 Å². The van der Waals surface area contributed by atoms with Crippen molar-refractivity contribution in [1.29, 1.82) is 0 Å². The van der Waals surface area contributed by atoms with Crippen molar-refractivity contribution < 1.29 is 28.5 Å². The molecule has 3 heterocycles. The molecule has 0 amide bonds. The second-order valence-electron chi connectivity index (χ2n) is 9.59. The van der Waals surface area contributed by atoms with Gasteiger partial charge in [0.05, 0.1) is 54.8 Å². The average Bonchev–Trinajstić information content (AvgIpc) is 3.26. The van der Waals surface area contributed by atoms with E-state index >= 15 is 0 Å². The summed E-state index contributed by atoms with van der Waals surface area (Å²) < 4.78 is 31.1. The third-order valence-corrected chi connectivity index (χ3v) is 7.33. The molecular formula is C28H26FN3O5. The Morgan fingerprint density at radius 3 is 2.81 bits per heavy atom. The van der Waals surface area contributed by atoms with Crippen molar-refractivity contribution in [1.82, 2.24) is 9.97 Å². The number of carbonyl (C=O) groups is 1. The van der Waals surface area contributed by atoms with E-state index in [1.54, 1.807) is 55.9 Å². The lowest BCUT2D eigenvalue weighted by Crippen LogP contribution is -2.26. The van der Waals surface area contributed by atoms with Crippen LogP contribution >= 0.6 is 0 Å². The largest absolute Gasteiger partial charge is 0.493 e. The molecule has 0 spiro atoms. The van der Waals surface area contributed by atoms with Gasteiger partial charge in [-0.25, -0.2) is 9.37 Å². The van der Waals surface area contributed by atoms with Crippen LogP contribution in [-0.4, -0.2) is 52.8 Å². The zero-order valence-electron chi connectivity index (χ0n) is 20.4. The monoisotopic (exact) mass is 503 g/mol. The first-order valence-corrected chi connectivity index (χ1v) is 12.1. The summed E-state index contributed by atoms with van der Waals surface area (Å²) in [6.45, 7) is 2.25. The highest BCUT2D eigenvalue weighted by Gasteiger charge is 2.63. The molecule has 3 atom stereocenters. The number of anilines is 1. The molecule has 2 aromatic carbocycles.